The number of carbonyl (C=O) groups is 1. The lowest BCUT2D eigenvalue weighted by molar-refractivity contribution is -0.132. The summed E-state index contributed by atoms with van der Waals surface area (Å²) >= 11 is 0. The fourth-order valence-electron chi connectivity index (χ4n) is 1.45. The van der Waals surface area contributed by atoms with Crippen LogP contribution in [0.3, 0.4) is 0 Å². The van der Waals surface area contributed by atoms with Gasteiger partial charge in [0.25, 0.3) is 0 Å². The summed E-state index contributed by atoms with van der Waals surface area (Å²) in [5, 5.41) is 16.2. The summed E-state index contributed by atoms with van der Waals surface area (Å²) in [4.78, 5) is 10.6. The van der Waals surface area contributed by atoms with Crippen molar-refractivity contribution in [2.45, 2.75) is 12.5 Å². The highest BCUT2D eigenvalue weighted by Crippen LogP contribution is 2.16. The van der Waals surface area contributed by atoms with Gasteiger partial charge in [0.05, 0.1) is 6.04 Å². The van der Waals surface area contributed by atoms with Gasteiger partial charge in [-0.3, -0.25) is 0 Å². The Kier molecular flexibility index (Phi) is 2.58. The zero-order chi connectivity index (χ0) is 10.7. The molecular weight excluding hydrogens is 192 g/mol. The maximum atomic E-state index is 10.6. The van der Waals surface area contributed by atoms with E-state index in [0.717, 1.165) is 5.56 Å². The third-order valence-corrected chi connectivity index (χ3v) is 2.17. The molecule has 0 bridgehead atoms. The van der Waals surface area contributed by atoms with Crippen LogP contribution in [0.25, 0.3) is 0 Å². The molecule has 0 spiro atoms. The molecule has 0 saturated heterocycles. The van der Waals surface area contributed by atoms with Crippen LogP contribution in [0.4, 0.5) is 0 Å². The smallest absolute Gasteiger partial charge is 0.356 e. The molecule has 1 aliphatic rings. The van der Waals surface area contributed by atoms with E-state index in [1.807, 2.05) is 30.3 Å². The molecule has 15 heavy (non-hydrogen) atoms. The van der Waals surface area contributed by atoms with Crippen molar-refractivity contribution in [3.05, 3.63) is 47.7 Å². The molecule has 1 unspecified atom stereocenters. The van der Waals surface area contributed by atoms with E-state index < -0.39 is 5.97 Å². The molecule has 1 aromatic rings. The number of rotatable bonds is 3. The minimum atomic E-state index is -1.02. The highest BCUT2D eigenvalue weighted by atomic mass is 16.4. The van der Waals surface area contributed by atoms with Crippen molar-refractivity contribution in [3.8, 4) is 0 Å². The summed E-state index contributed by atoms with van der Waals surface area (Å²) in [6, 6.07) is 9.67. The summed E-state index contributed by atoms with van der Waals surface area (Å²) in [7, 11) is 0. The van der Waals surface area contributed by atoms with Gasteiger partial charge in [0.15, 0.2) is 5.70 Å². The van der Waals surface area contributed by atoms with E-state index in [-0.39, 0.29) is 11.7 Å². The third-order valence-electron chi connectivity index (χ3n) is 2.17. The third kappa shape index (κ3) is 2.28. The highest BCUT2D eigenvalue weighted by Gasteiger charge is 2.17. The second-order valence-corrected chi connectivity index (χ2v) is 3.33. The Bertz CT molecular complexity index is 423. The molecule has 1 atom stereocenters. The minimum Gasteiger partial charge on any atom is -0.476 e. The van der Waals surface area contributed by atoms with Gasteiger partial charge in [0.1, 0.15) is 0 Å². The molecule has 0 radical (unpaired) electrons. The molecule has 0 aromatic heterocycles. The van der Waals surface area contributed by atoms with Crippen LogP contribution in [0.1, 0.15) is 5.56 Å². The van der Waals surface area contributed by atoms with E-state index >= 15 is 0 Å². The molecule has 2 rings (SSSR count). The fourth-order valence-corrected chi connectivity index (χ4v) is 1.45. The van der Waals surface area contributed by atoms with Gasteiger partial charge >= 0.3 is 5.97 Å². The second kappa shape index (κ2) is 4.04. The summed E-state index contributed by atoms with van der Waals surface area (Å²) in [5.41, 5.74) is 1.17. The van der Waals surface area contributed by atoms with E-state index in [4.69, 9.17) is 5.11 Å². The van der Waals surface area contributed by atoms with Crippen LogP contribution < -0.4 is 0 Å². The number of hydrogen-bond acceptors (Lipinski definition) is 3. The number of carboxylic acid groups (broad SMARTS) is 1. The Morgan fingerprint density at radius 2 is 2.07 bits per heavy atom. The van der Waals surface area contributed by atoms with Gasteiger partial charge < -0.3 is 5.11 Å². The van der Waals surface area contributed by atoms with Gasteiger partial charge in [-0.05, 0) is 11.6 Å². The van der Waals surface area contributed by atoms with Gasteiger partial charge in [-0.25, -0.2) is 4.79 Å². The number of aliphatic carboxylic acids is 1. The first kappa shape index (κ1) is 9.58. The maximum Gasteiger partial charge on any atom is 0.356 e. The minimum absolute atomic E-state index is 0.0379. The molecule has 1 aliphatic heterocycles. The van der Waals surface area contributed by atoms with Crippen molar-refractivity contribution < 1.29 is 9.90 Å². The number of hydrogen-bond donors (Lipinski definition) is 1. The lowest BCUT2D eigenvalue weighted by Gasteiger charge is -2.01. The Labute approximate surface area is 87.0 Å². The molecule has 1 aromatic carbocycles. The molecule has 1 N–H and O–H groups in total. The predicted octanol–water partition coefficient (Wildman–Crippen LogP) is 2.03. The average Bonchev–Trinajstić information content (AvgIpc) is 2.68. The molecule has 0 saturated carbocycles. The summed E-state index contributed by atoms with van der Waals surface area (Å²) in [5.74, 6) is -1.02. The zero-order valence-corrected chi connectivity index (χ0v) is 8.00. The molecule has 76 valence electrons. The Balaban J connectivity index is 2.05. The predicted molar refractivity (Wildman–Crippen MR) is 54.5 cm³/mol. The Morgan fingerprint density at radius 3 is 2.67 bits per heavy atom. The van der Waals surface area contributed by atoms with Gasteiger partial charge in [-0.15, -0.1) is 5.11 Å². The van der Waals surface area contributed by atoms with Crippen LogP contribution >= 0.6 is 0 Å². The van der Waals surface area contributed by atoms with Crippen molar-refractivity contribution >= 4 is 5.97 Å². The van der Waals surface area contributed by atoms with E-state index in [1.54, 1.807) is 6.08 Å². The number of carboxylic acids is 1. The van der Waals surface area contributed by atoms with Gasteiger partial charge in [0, 0.05) is 6.42 Å². The monoisotopic (exact) mass is 202 g/mol. The first-order valence-electron chi connectivity index (χ1n) is 4.65. The topological polar surface area (TPSA) is 62.0 Å². The zero-order valence-electron chi connectivity index (χ0n) is 8.00. The first-order valence-corrected chi connectivity index (χ1v) is 4.65. The Morgan fingerprint density at radius 1 is 1.33 bits per heavy atom. The number of benzene rings is 1. The molecule has 0 fully saturated rings. The molecule has 0 aliphatic carbocycles. The SMILES string of the molecule is O=C(O)C1=CC(Cc2ccccc2)N=N1. The lowest BCUT2D eigenvalue weighted by Crippen LogP contribution is -2.03. The van der Waals surface area contributed by atoms with Crippen molar-refractivity contribution in [3.63, 3.8) is 0 Å². The van der Waals surface area contributed by atoms with Crippen LogP contribution in [0.2, 0.25) is 0 Å². The van der Waals surface area contributed by atoms with Crippen molar-refractivity contribution in [1.82, 2.24) is 0 Å². The average molecular weight is 202 g/mol. The van der Waals surface area contributed by atoms with Crippen LogP contribution in [0, 0.1) is 0 Å². The highest BCUT2D eigenvalue weighted by molar-refractivity contribution is 5.86. The van der Waals surface area contributed by atoms with Crippen LogP contribution in [-0.4, -0.2) is 17.1 Å². The fraction of sp³-hybridized carbons (Fsp3) is 0.182. The van der Waals surface area contributed by atoms with E-state index in [2.05, 4.69) is 10.2 Å². The van der Waals surface area contributed by atoms with Gasteiger partial charge in [-0.2, -0.15) is 5.11 Å². The number of azo groups is 1. The number of nitrogens with zero attached hydrogens (tertiary/aromatic N) is 2. The molecule has 4 heteroatoms. The summed E-state index contributed by atoms with van der Waals surface area (Å²) in [6.45, 7) is 0. The van der Waals surface area contributed by atoms with Crippen molar-refractivity contribution in [2.75, 3.05) is 0 Å². The van der Waals surface area contributed by atoms with Crippen molar-refractivity contribution in [1.29, 1.82) is 0 Å². The van der Waals surface area contributed by atoms with Crippen LogP contribution in [0.15, 0.2) is 52.3 Å². The van der Waals surface area contributed by atoms with Crippen LogP contribution in [0.5, 0.6) is 0 Å². The summed E-state index contributed by atoms with van der Waals surface area (Å²) < 4.78 is 0. The van der Waals surface area contributed by atoms with E-state index in [9.17, 15) is 4.79 Å². The molecular formula is C11H10N2O2. The van der Waals surface area contributed by atoms with Crippen molar-refractivity contribution in [2.24, 2.45) is 10.2 Å². The molecule has 0 amide bonds. The standard InChI is InChI=1S/C11H10N2O2/c14-11(15)10-7-9(12-13-10)6-8-4-2-1-3-5-8/h1-5,7,9H,6H2,(H,14,15). The molecule has 1 heterocycles. The lowest BCUT2D eigenvalue weighted by atomic mass is 10.1. The van der Waals surface area contributed by atoms with E-state index in [1.165, 1.54) is 0 Å². The largest absolute Gasteiger partial charge is 0.476 e. The second-order valence-electron chi connectivity index (χ2n) is 3.33. The molecule has 4 nitrogen and oxygen atoms in total. The van der Waals surface area contributed by atoms with Crippen LogP contribution in [-0.2, 0) is 11.2 Å². The maximum absolute atomic E-state index is 10.6. The van der Waals surface area contributed by atoms with Gasteiger partial charge in [0.2, 0.25) is 0 Å². The van der Waals surface area contributed by atoms with Gasteiger partial charge in [-0.1, -0.05) is 30.3 Å². The first-order chi connectivity index (χ1) is 7.25. The van der Waals surface area contributed by atoms with E-state index in [0.29, 0.717) is 6.42 Å². The quantitative estimate of drug-likeness (QED) is 0.815. The normalized spacial score (nSPS) is 18.9. The Hall–Kier alpha value is -1.97. The summed E-state index contributed by atoms with van der Waals surface area (Å²) in [6.07, 6.45) is 2.27.